The average Bonchev–Trinajstić information content (AvgIpc) is 2.81. The molecule has 1 heterocycles. The first kappa shape index (κ1) is 14.0. The smallest absolute Gasteiger partial charge is 0.124 e. The van der Waals surface area contributed by atoms with Crippen LogP contribution in [-0.4, -0.2) is 39.7 Å². The van der Waals surface area contributed by atoms with Crippen LogP contribution in [0.2, 0.25) is 0 Å². The van der Waals surface area contributed by atoms with Crippen LogP contribution in [0.1, 0.15) is 37.7 Å². The zero-order valence-electron chi connectivity index (χ0n) is 12.0. The number of aliphatic hydroxyl groups is 1. The number of hydrogen-bond acceptors (Lipinski definition) is 3. The third kappa shape index (κ3) is 2.96. The fraction of sp³-hybridized carbons (Fsp3) is 0.533. The molecule has 0 bridgehead atoms. The standard InChI is InChI=1S/C15H23N3O/c1-4-14(18(5-2)8-9-19)15-16-12-7-6-11(3)10-13(12)17-15/h6-7,10,14,19H,4-5,8-9H2,1-3H3,(H,16,17). The fourth-order valence-corrected chi connectivity index (χ4v) is 2.59. The summed E-state index contributed by atoms with van der Waals surface area (Å²) in [4.78, 5) is 10.4. The summed E-state index contributed by atoms with van der Waals surface area (Å²) in [6, 6.07) is 6.50. The summed E-state index contributed by atoms with van der Waals surface area (Å²) < 4.78 is 0. The van der Waals surface area contributed by atoms with Crippen molar-refractivity contribution in [2.24, 2.45) is 0 Å². The van der Waals surface area contributed by atoms with E-state index in [0.29, 0.717) is 6.54 Å². The topological polar surface area (TPSA) is 52.2 Å². The van der Waals surface area contributed by atoms with Crippen LogP contribution < -0.4 is 0 Å². The van der Waals surface area contributed by atoms with Crippen LogP contribution in [0, 0.1) is 6.92 Å². The van der Waals surface area contributed by atoms with E-state index in [2.05, 4.69) is 48.9 Å². The Balaban J connectivity index is 2.34. The van der Waals surface area contributed by atoms with Crippen molar-refractivity contribution in [2.75, 3.05) is 19.7 Å². The highest BCUT2D eigenvalue weighted by molar-refractivity contribution is 5.75. The lowest BCUT2D eigenvalue weighted by molar-refractivity contribution is 0.149. The molecule has 1 atom stereocenters. The number of nitrogens with zero attached hydrogens (tertiary/aromatic N) is 2. The minimum atomic E-state index is 0.184. The van der Waals surface area contributed by atoms with Gasteiger partial charge in [0.15, 0.2) is 0 Å². The van der Waals surface area contributed by atoms with Crippen LogP contribution in [-0.2, 0) is 0 Å². The first-order valence-corrected chi connectivity index (χ1v) is 7.00. The molecule has 19 heavy (non-hydrogen) atoms. The Kier molecular flexibility index (Phi) is 4.56. The normalized spacial score (nSPS) is 13.3. The zero-order valence-corrected chi connectivity index (χ0v) is 12.0. The highest BCUT2D eigenvalue weighted by Gasteiger charge is 2.20. The summed E-state index contributed by atoms with van der Waals surface area (Å²) >= 11 is 0. The molecule has 0 spiro atoms. The molecule has 2 rings (SSSR count). The van der Waals surface area contributed by atoms with E-state index in [1.807, 2.05) is 0 Å². The summed E-state index contributed by atoms with van der Waals surface area (Å²) in [7, 11) is 0. The number of aryl methyl sites for hydroxylation is 1. The number of rotatable bonds is 6. The molecule has 0 aliphatic carbocycles. The van der Waals surface area contributed by atoms with Gasteiger partial charge in [-0.3, -0.25) is 4.90 Å². The van der Waals surface area contributed by atoms with E-state index in [1.165, 1.54) is 5.56 Å². The predicted octanol–water partition coefficient (Wildman–Crippen LogP) is 2.64. The van der Waals surface area contributed by atoms with Gasteiger partial charge in [0.2, 0.25) is 0 Å². The number of benzene rings is 1. The quantitative estimate of drug-likeness (QED) is 0.840. The molecule has 104 valence electrons. The Morgan fingerprint density at radius 3 is 2.79 bits per heavy atom. The van der Waals surface area contributed by atoms with E-state index in [0.717, 1.165) is 29.8 Å². The highest BCUT2D eigenvalue weighted by atomic mass is 16.3. The molecule has 1 unspecified atom stereocenters. The largest absolute Gasteiger partial charge is 0.395 e. The van der Waals surface area contributed by atoms with Gasteiger partial charge >= 0.3 is 0 Å². The Morgan fingerprint density at radius 1 is 1.37 bits per heavy atom. The maximum atomic E-state index is 9.16. The first-order valence-electron chi connectivity index (χ1n) is 7.00. The first-order chi connectivity index (χ1) is 9.19. The lowest BCUT2D eigenvalue weighted by atomic mass is 10.2. The number of H-pyrrole nitrogens is 1. The van der Waals surface area contributed by atoms with E-state index in [9.17, 15) is 0 Å². The van der Waals surface area contributed by atoms with Gasteiger partial charge in [0.1, 0.15) is 5.82 Å². The summed E-state index contributed by atoms with van der Waals surface area (Å²) in [6.45, 7) is 8.14. The Morgan fingerprint density at radius 2 is 2.16 bits per heavy atom. The molecule has 2 N–H and O–H groups in total. The summed E-state index contributed by atoms with van der Waals surface area (Å²) in [5.74, 6) is 0.999. The summed E-state index contributed by atoms with van der Waals surface area (Å²) in [5.41, 5.74) is 3.34. The molecule has 1 aromatic heterocycles. The van der Waals surface area contributed by atoms with Crippen molar-refractivity contribution in [1.29, 1.82) is 0 Å². The minimum absolute atomic E-state index is 0.184. The van der Waals surface area contributed by atoms with Gasteiger partial charge in [-0.2, -0.15) is 0 Å². The molecule has 4 nitrogen and oxygen atoms in total. The molecule has 0 saturated heterocycles. The highest BCUT2D eigenvalue weighted by Crippen LogP contribution is 2.24. The van der Waals surface area contributed by atoms with E-state index in [-0.39, 0.29) is 12.6 Å². The summed E-state index contributed by atoms with van der Waals surface area (Å²) in [5, 5.41) is 9.16. The number of fused-ring (bicyclic) bond motifs is 1. The van der Waals surface area contributed by atoms with Crippen molar-refractivity contribution in [3.8, 4) is 0 Å². The molecule has 0 aliphatic heterocycles. The van der Waals surface area contributed by atoms with Gasteiger partial charge in [-0.05, 0) is 37.6 Å². The number of aliphatic hydroxyl groups excluding tert-OH is 1. The maximum Gasteiger partial charge on any atom is 0.124 e. The Labute approximate surface area is 114 Å². The van der Waals surface area contributed by atoms with Crippen molar-refractivity contribution in [3.05, 3.63) is 29.6 Å². The monoisotopic (exact) mass is 261 g/mol. The molecular formula is C15H23N3O. The lowest BCUT2D eigenvalue weighted by Gasteiger charge is -2.27. The molecule has 0 amide bonds. The van der Waals surface area contributed by atoms with E-state index in [4.69, 9.17) is 10.1 Å². The third-order valence-corrected chi connectivity index (χ3v) is 3.59. The van der Waals surface area contributed by atoms with Crippen molar-refractivity contribution in [3.63, 3.8) is 0 Å². The van der Waals surface area contributed by atoms with Crippen LogP contribution in [0.4, 0.5) is 0 Å². The number of aromatic amines is 1. The van der Waals surface area contributed by atoms with Crippen LogP contribution in [0.3, 0.4) is 0 Å². The van der Waals surface area contributed by atoms with E-state index < -0.39 is 0 Å². The SMILES string of the molecule is CCC(c1nc2ccc(C)cc2[nH]1)N(CC)CCO. The van der Waals surface area contributed by atoms with Gasteiger partial charge in [-0.25, -0.2) is 4.98 Å². The fourth-order valence-electron chi connectivity index (χ4n) is 2.59. The number of likely N-dealkylation sites (N-methyl/N-ethyl adjacent to an activating group) is 1. The lowest BCUT2D eigenvalue weighted by Crippen LogP contribution is -2.31. The molecule has 2 aromatic rings. The van der Waals surface area contributed by atoms with Gasteiger partial charge in [-0.15, -0.1) is 0 Å². The van der Waals surface area contributed by atoms with Crippen LogP contribution in [0.15, 0.2) is 18.2 Å². The molecule has 0 saturated carbocycles. The number of nitrogens with one attached hydrogen (secondary N) is 1. The van der Waals surface area contributed by atoms with Gasteiger partial charge in [0.05, 0.1) is 23.7 Å². The molecule has 4 heteroatoms. The van der Waals surface area contributed by atoms with Crippen molar-refractivity contribution in [1.82, 2.24) is 14.9 Å². The van der Waals surface area contributed by atoms with Crippen LogP contribution in [0.25, 0.3) is 11.0 Å². The van der Waals surface area contributed by atoms with Crippen molar-refractivity contribution >= 4 is 11.0 Å². The molecule has 0 radical (unpaired) electrons. The minimum Gasteiger partial charge on any atom is -0.395 e. The van der Waals surface area contributed by atoms with Crippen LogP contribution >= 0.6 is 0 Å². The number of aromatic nitrogens is 2. The molecule has 1 aromatic carbocycles. The average molecular weight is 261 g/mol. The summed E-state index contributed by atoms with van der Waals surface area (Å²) in [6.07, 6.45) is 0.979. The molecular weight excluding hydrogens is 238 g/mol. The predicted molar refractivity (Wildman–Crippen MR) is 78.2 cm³/mol. The van der Waals surface area contributed by atoms with Gasteiger partial charge in [0, 0.05) is 6.54 Å². The second-order valence-corrected chi connectivity index (χ2v) is 4.92. The third-order valence-electron chi connectivity index (χ3n) is 3.59. The van der Waals surface area contributed by atoms with E-state index in [1.54, 1.807) is 0 Å². The van der Waals surface area contributed by atoms with Gasteiger partial charge in [-0.1, -0.05) is 19.9 Å². The Hall–Kier alpha value is -1.39. The van der Waals surface area contributed by atoms with E-state index >= 15 is 0 Å². The zero-order chi connectivity index (χ0) is 13.8. The van der Waals surface area contributed by atoms with Gasteiger partial charge in [0.25, 0.3) is 0 Å². The Bertz CT molecular complexity index is 535. The van der Waals surface area contributed by atoms with Crippen molar-refractivity contribution < 1.29 is 5.11 Å². The van der Waals surface area contributed by atoms with Gasteiger partial charge < -0.3 is 10.1 Å². The number of hydrogen-bond donors (Lipinski definition) is 2. The van der Waals surface area contributed by atoms with Crippen LogP contribution in [0.5, 0.6) is 0 Å². The second kappa shape index (κ2) is 6.17. The molecule has 0 fully saturated rings. The second-order valence-electron chi connectivity index (χ2n) is 4.92. The number of imidazole rings is 1. The maximum absolute atomic E-state index is 9.16. The van der Waals surface area contributed by atoms with Crippen molar-refractivity contribution in [2.45, 2.75) is 33.2 Å². The molecule has 0 aliphatic rings.